The van der Waals surface area contributed by atoms with E-state index < -0.39 is 54.7 Å². The van der Waals surface area contributed by atoms with Crippen LogP contribution in [0.1, 0.15) is 21.8 Å². The number of benzene rings is 3. The molecule has 2 atom stereocenters. The third kappa shape index (κ3) is 6.43. The van der Waals surface area contributed by atoms with Crippen LogP contribution in [-0.2, 0) is 4.79 Å². The summed E-state index contributed by atoms with van der Waals surface area (Å²) in [6.07, 6.45) is 0. The Morgan fingerprint density at radius 2 is 1.56 bits per heavy atom. The third-order valence-corrected chi connectivity index (χ3v) is 8.55. The molecule has 0 radical (unpaired) electrons. The molecule has 16 heteroatoms. The van der Waals surface area contributed by atoms with Crippen molar-refractivity contribution < 1.29 is 37.8 Å². The van der Waals surface area contributed by atoms with Crippen LogP contribution in [0.15, 0.2) is 64.0 Å². The predicted molar refractivity (Wildman–Crippen MR) is 141 cm³/mol. The van der Waals surface area contributed by atoms with Crippen LogP contribution in [0, 0.1) is 17.6 Å². The molecule has 0 spiro atoms. The van der Waals surface area contributed by atoms with Crippen molar-refractivity contribution in [2.24, 2.45) is 5.92 Å². The van der Waals surface area contributed by atoms with Crippen molar-refractivity contribution in [2.45, 2.75) is 15.1 Å². The molecule has 0 aromatic heterocycles. The number of carbonyl (C=O) groups is 2. The number of hydrogen-bond donors (Lipinski definition) is 2. The Morgan fingerprint density at radius 3 is 2.18 bits per heavy atom. The van der Waals surface area contributed by atoms with Gasteiger partial charge in [0.2, 0.25) is 5.91 Å². The van der Waals surface area contributed by atoms with Crippen LogP contribution < -0.4 is 10.6 Å². The molecule has 39 heavy (non-hydrogen) atoms. The number of hydrogen-bond acceptors (Lipinski definition) is 2. The summed E-state index contributed by atoms with van der Waals surface area (Å²) >= 11 is 21.1. The van der Waals surface area contributed by atoms with Crippen molar-refractivity contribution in [1.82, 2.24) is 0 Å². The van der Waals surface area contributed by atoms with E-state index in [9.17, 15) is 37.8 Å². The minimum Gasteiger partial charge on any atom is -0.326 e. The first-order chi connectivity index (χ1) is 17.7. The molecule has 0 bridgehead atoms. The summed E-state index contributed by atoms with van der Waals surface area (Å²) in [6, 6.07) is 7.57. The number of anilines is 2. The fourth-order valence-corrected chi connectivity index (χ4v) is 6.23. The molecule has 210 valence electrons. The quantitative estimate of drug-likeness (QED) is 0.199. The van der Waals surface area contributed by atoms with Crippen molar-refractivity contribution in [1.29, 1.82) is 0 Å². The first-order valence-corrected chi connectivity index (χ1v) is 14.3. The van der Waals surface area contributed by atoms with Crippen LogP contribution in [0.3, 0.4) is 0 Å². The molecule has 3 aromatic carbocycles. The third-order valence-electron chi connectivity index (χ3n) is 5.69. The molecular weight excluding hydrogens is 688 g/mol. The Kier molecular flexibility index (Phi) is 7.00. The minimum absolute atomic E-state index is 0.0224. The monoisotopic (exact) mass is 698 g/mol. The van der Waals surface area contributed by atoms with E-state index in [2.05, 4.69) is 26.6 Å². The van der Waals surface area contributed by atoms with E-state index in [1.54, 1.807) is 0 Å². The number of carbonyl (C=O) groups excluding carboxylic acids is 2. The maximum Gasteiger partial charge on any atom is 0.310 e. The summed E-state index contributed by atoms with van der Waals surface area (Å²) in [4.78, 5) is 23.4. The average Bonchev–Trinajstić information content (AvgIpc) is 3.37. The Hall–Kier alpha value is -2.19. The first kappa shape index (κ1) is 29.8. The Labute approximate surface area is 239 Å². The molecular formula is C23H13BrCl3F7N2O2S. The van der Waals surface area contributed by atoms with Crippen LogP contribution in [0.2, 0.25) is 5.02 Å². The molecule has 0 aliphatic heterocycles. The Bertz CT molecular complexity index is 1540. The van der Waals surface area contributed by atoms with Gasteiger partial charge in [-0.25, -0.2) is 8.78 Å². The molecule has 2 N–H and O–H groups in total. The predicted octanol–water partition coefficient (Wildman–Crippen LogP) is 9.82. The van der Waals surface area contributed by atoms with Crippen molar-refractivity contribution in [3.8, 4) is 0 Å². The molecule has 1 aliphatic rings. The van der Waals surface area contributed by atoms with E-state index in [0.29, 0.717) is 6.07 Å². The zero-order valence-corrected chi connectivity index (χ0v) is 23.4. The second-order valence-electron chi connectivity index (χ2n) is 8.58. The lowest BCUT2D eigenvalue weighted by molar-refractivity contribution is -0.117. The normalized spacial score (nSPS) is 20.0. The Morgan fingerprint density at radius 1 is 0.897 bits per heavy atom. The van der Waals surface area contributed by atoms with Crippen LogP contribution in [0.4, 0.5) is 39.6 Å². The number of rotatable bonds is 6. The SMILES string of the molecule is O=C(Nc1ccc(F)cc1F)c1cc(NC(=O)[C@H]2[C@@H](c3cc(Br)cc(S(F)(F)(F)(F)F)c3)C2(Cl)Cl)ccc1Cl. The molecule has 2 amide bonds. The summed E-state index contributed by atoms with van der Waals surface area (Å²) in [5, 5.41) is 4.50. The van der Waals surface area contributed by atoms with Gasteiger partial charge < -0.3 is 10.6 Å². The number of alkyl halides is 2. The van der Waals surface area contributed by atoms with E-state index in [1.165, 1.54) is 12.1 Å². The second kappa shape index (κ2) is 9.16. The summed E-state index contributed by atoms with van der Waals surface area (Å²) < 4.78 is 91.7. The van der Waals surface area contributed by atoms with Crippen molar-refractivity contribution in [3.05, 3.63) is 86.9 Å². The standard InChI is InChI=1S/C23H13BrCl3F7N2O2S/c24-11-5-10(6-14(7-11)39(30,31,32,33)34)19-20(23(19,26)27)22(38)35-13-2-3-16(25)15(9-13)21(37)36-18-4-1-12(28)8-17(18)29/h1-9,19-20H,(H,35,38)(H,36,37)/t19-,20-/m1/s1. The molecule has 4 nitrogen and oxygen atoms in total. The topological polar surface area (TPSA) is 58.2 Å². The number of amides is 2. The van der Waals surface area contributed by atoms with E-state index in [1.807, 2.05) is 0 Å². The van der Waals surface area contributed by atoms with Crippen LogP contribution >= 0.6 is 61.0 Å². The Balaban J connectivity index is 1.56. The molecule has 3 aromatic rings. The van der Waals surface area contributed by atoms with Crippen LogP contribution in [0.25, 0.3) is 0 Å². The first-order valence-electron chi connectivity index (χ1n) is 10.5. The van der Waals surface area contributed by atoms with Gasteiger partial charge in [-0.05, 0) is 54.1 Å². The van der Waals surface area contributed by atoms with Crippen LogP contribution in [-0.4, -0.2) is 16.1 Å². The van der Waals surface area contributed by atoms with Crippen molar-refractivity contribution in [3.63, 3.8) is 0 Å². The highest BCUT2D eigenvalue weighted by atomic mass is 79.9. The molecule has 4 rings (SSSR count). The number of nitrogens with one attached hydrogen (secondary N) is 2. The van der Waals surface area contributed by atoms with Gasteiger partial charge in [-0.3, -0.25) is 9.59 Å². The lowest BCUT2D eigenvalue weighted by atomic mass is 10.1. The van der Waals surface area contributed by atoms with Gasteiger partial charge in [0, 0.05) is 22.1 Å². The molecule has 0 unspecified atom stereocenters. The summed E-state index contributed by atoms with van der Waals surface area (Å²) in [7, 11) is -10.1. The van der Waals surface area contributed by atoms with Gasteiger partial charge in [0.15, 0.2) is 0 Å². The van der Waals surface area contributed by atoms with Crippen LogP contribution in [0.5, 0.6) is 0 Å². The van der Waals surface area contributed by atoms with E-state index in [0.717, 1.165) is 24.3 Å². The molecule has 0 heterocycles. The van der Waals surface area contributed by atoms with Crippen molar-refractivity contribution in [2.75, 3.05) is 10.6 Å². The second-order valence-corrected chi connectivity index (χ2v) is 13.8. The van der Waals surface area contributed by atoms with E-state index in [4.69, 9.17) is 34.8 Å². The van der Waals surface area contributed by atoms with Gasteiger partial charge in [-0.2, -0.15) is 0 Å². The van der Waals surface area contributed by atoms with Gasteiger partial charge in [0.05, 0.1) is 22.2 Å². The van der Waals surface area contributed by atoms with E-state index >= 15 is 0 Å². The van der Waals surface area contributed by atoms with Gasteiger partial charge in [0.25, 0.3) is 5.91 Å². The minimum atomic E-state index is -10.1. The maximum atomic E-state index is 13.9. The summed E-state index contributed by atoms with van der Waals surface area (Å²) in [5.74, 6) is -6.36. The molecule has 1 fully saturated rings. The van der Waals surface area contributed by atoms with Crippen molar-refractivity contribution >= 4 is 84.1 Å². The highest BCUT2D eigenvalue weighted by Crippen LogP contribution is 3.02. The van der Waals surface area contributed by atoms with Gasteiger partial charge in [-0.15, -0.1) is 23.2 Å². The average molecular weight is 701 g/mol. The molecule has 1 aliphatic carbocycles. The van der Waals surface area contributed by atoms with E-state index in [-0.39, 0.29) is 44.1 Å². The maximum absolute atomic E-state index is 13.9. The highest BCUT2D eigenvalue weighted by Gasteiger charge is 2.69. The smallest absolute Gasteiger partial charge is 0.310 e. The lowest BCUT2D eigenvalue weighted by Crippen LogP contribution is -2.18. The zero-order chi connectivity index (χ0) is 29.2. The van der Waals surface area contributed by atoms with Gasteiger partial charge in [0.1, 0.15) is 20.9 Å². The highest BCUT2D eigenvalue weighted by molar-refractivity contribution is 9.10. The van der Waals surface area contributed by atoms with Gasteiger partial charge >= 0.3 is 10.2 Å². The van der Waals surface area contributed by atoms with Gasteiger partial charge in [-0.1, -0.05) is 47.0 Å². The summed E-state index contributed by atoms with van der Waals surface area (Å²) in [5.41, 5.74) is -0.941. The fraction of sp³-hybridized carbons (Fsp3) is 0.130. The lowest BCUT2D eigenvalue weighted by Gasteiger charge is -2.40. The number of halogens is 11. The molecule has 0 saturated heterocycles. The largest absolute Gasteiger partial charge is 0.326 e. The summed E-state index contributed by atoms with van der Waals surface area (Å²) in [6.45, 7) is 0. The molecule has 1 saturated carbocycles. The fourth-order valence-electron chi connectivity index (χ4n) is 3.83. The zero-order valence-electron chi connectivity index (χ0n) is 18.7.